The summed E-state index contributed by atoms with van der Waals surface area (Å²) in [4.78, 5) is 15.7. The molecule has 1 saturated heterocycles. The summed E-state index contributed by atoms with van der Waals surface area (Å²) < 4.78 is 6.11. The second kappa shape index (κ2) is 10.1. The predicted molar refractivity (Wildman–Crippen MR) is 131 cm³/mol. The molecule has 4 rings (SSSR count). The van der Waals surface area contributed by atoms with Crippen molar-refractivity contribution in [3.05, 3.63) is 101 Å². The van der Waals surface area contributed by atoms with E-state index < -0.39 is 5.41 Å². The van der Waals surface area contributed by atoms with E-state index in [4.69, 9.17) is 4.74 Å². The minimum atomic E-state index is -0.424. The zero-order chi connectivity index (χ0) is 22.4. The molecule has 3 nitrogen and oxygen atoms in total. The average molecular weight is 428 g/mol. The highest BCUT2D eigenvalue weighted by molar-refractivity contribution is 5.97. The molecule has 0 spiro atoms. The molecule has 0 amide bonds. The van der Waals surface area contributed by atoms with Gasteiger partial charge in [-0.15, -0.1) is 0 Å². The Morgan fingerprint density at radius 1 is 0.906 bits per heavy atom. The Morgan fingerprint density at radius 3 is 2.22 bits per heavy atom. The minimum absolute atomic E-state index is 0.153. The topological polar surface area (TPSA) is 29.5 Å². The lowest BCUT2D eigenvalue weighted by Crippen LogP contribution is -2.28. The third-order valence-corrected chi connectivity index (χ3v) is 6.70. The summed E-state index contributed by atoms with van der Waals surface area (Å²) in [5, 5.41) is 0. The van der Waals surface area contributed by atoms with Crippen LogP contribution < -0.4 is 4.74 Å². The van der Waals surface area contributed by atoms with Crippen molar-refractivity contribution in [2.75, 3.05) is 26.2 Å². The number of hydrogen-bond acceptors (Lipinski definition) is 3. The van der Waals surface area contributed by atoms with Gasteiger partial charge in [-0.25, -0.2) is 0 Å². The summed E-state index contributed by atoms with van der Waals surface area (Å²) in [5.74, 6) is 1.08. The van der Waals surface area contributed by atoms with Crippen molar-refractivity contribution < 1.29 is 9.53 Å². The van der Waals surface area contributed by atoms with E-state index in [-0.39, 0.29) is 5.78 Å². The first-order valence-electron chi connectivity index (χ1n) is 11.7. The number of carbonyl (C=O) groups is 1. The molecule has 3 heteroatoms. The molecule has 32 heavy (non-hydrogen) atoms. The van der Waals surface area contributed by atoms with Crippen molar-refractivity contribution in [2.24, 2.45) is 0 Å². The summed E-state index contributed by atoms with van der Waals surface area (Å²) in [6.07, 6.45) is 3.01. The van der Waals surface area contributed by atoms with Gasteiger partial charge in [0.1, 0.15) is 12.4 Å². The highest BCUT2D eigenvalue weighted by Crippen LogP contribution is 2.38. The molecular formula is C29H33NO2. The number of hydrogen-bond donors (Lipinski definition) is 0. The fourth-order valence-corrected chi connectivity index (χ4v) is 4.67. The fraction of sp³-hybridized carbons (Fsp3) is 0.345. The number of aryl methyl sites for hydroxylation is 1. The van der Waals surface area contributed by atoms with E-state index in [1.165, 1.54) is 25.9 Å². The Hall–Kier alpha value is -2.91. The monoisotopic (exact) mass is 427 g/mol. The summed E-state index contributed by atoms with van der Waals surface area (Å²) in [7, 11) is 0. The van der Waals surface area contributed by atoms with Crippen LogP contribution in [0.25, 0.3) is 0 Å². The van der Waals surface area contributed by atoms with Crippen LogP contribution in [0, 0.1) is 6.92 Å². The van der Waals surface area contributed by atoms with Gasteiger partial charge in [0.15, 0.2) is 5.78 Å². The SMILES string of the molecule is Cc1cc(C(C)(CC(=O)c2ccccc2)c2ccccc2)ccc1OCCN1CCCC1. The van der Waals surface area contributed by atoms with E-state index in [1.54, 1.807) is 0 Å². The zero-order valence-electron chi connectivity index (χ0n) is 19.2. The Balaban J connectivity index is 1.56. The highest BCUT2D eigenvalue weighted by atomic mass is 16.5. The van der Waals surface area contributed by atoms with Gasteiger partial charge < -0.3 is 4.74 Å². The maximum atomic E-state index is 13.2. The van der Waals surface area contributed by atoms with Crippen molar-refractivity contribution >= 4 is 5.78 Å². The molecule has 166 valence electrons. The number of nitrogens with zero attached hydrogens (tertiary/aromatic N) is 1. The second-order valence-electron chi connectivity index (χ2n) is 9.04. The van der Waals surface area contributed by atoms with Gasteiger partial charge in [-0.05, 0) is 55.6 Å². The van der Waals surface area contributed by atoms with Gasteiger partial charge in [0.05, 0.1) is 0 Å². The summed E-state index contributed by atoms with van der Waals surface area (Å²) in [6, 6.07) is 26.3. The zero-order valence-corrected chi connectivity index (χ0v) is 19.2. The quantitative estimate of drug-likeness (QED) is 0.389. The van der Waals surface area contributed by atoms with E-state index >= 15 is 0 Å². The maximum Gasteiger partial charge on any atom is 0.164 e. The van der Waals surface area contributed by atoms with Crippen LogP contribution in [0.2, 0.25) is 0 Å². The molecule has 1 unspecified atom stereocenters. The molecule has 0 aromatic heterocycles. The van der Waals surface area contributed by atoms with Crippen molar-refractivity contribution in [3.8, 4) is 5.75 Å². The van der Waals surface area contributed by atoms with E-state index in [9.17, 15) is 4.79 Å². The first-order valence-corrected chi connectivity index (χ1v) is 11.7. The fourth-order valence-electron chi connectivity index (χ4n) is 4.67. The molecule has 3 aromatic carbocycles. The number of ketones is 1. The average Bonchev–Trinajstić information content (AvgIpc) is 3.34. The van der Waals surface area contributed by atoms with Gasteiger partial charge in [-0.2, -0.15) is 0 Å². The van der Waals surface area contributed by atoms with Crippen LogP contribution in [0.15, 0.2) is 78.9 Å². The first kappa shape index (κ1) is 22.3. The highest BCUT2D eigenvalue weighted by Gasteiger charge is 2.32. The van der Waals surface area contributed by atoms with Gasteiger partial charge >= 0.3 is 0 Å². The Kier molecular flexibility index (Phi) is 7.06. The molecule has 0 aliphatic carbocycles. The number of likely N-dealkylation sites (tertiary alicyclic amines) is 1. The standard InChI is InChI=1S/C29H33NO2/c1-23-21-26(15-16-28(23)32-20-19-30-17-9-10-18-30)29(2,25-13-7-4-8-14-25)22-27(31)24-11-5-3-6-12-24/h3-8,11-16,21H,9-10,17-20,22H2,1-2H3. The minimum Gasteiger partial charge on any atom is -0.492 e. The van der Waals surface area contributed by atoms with Crippen LogP contribution in [0.1, 0.15) is 53.2 Å². The number of Topliss-reactive ketones (excluding diaryl/α,β-unsaturated/α-hetero) is 1. The molecule has 1 aliphatic rings. The van der Waals surface area contributed by atoms with E-state index in [1.807, 2.05) is 48.5 Å². The van der Waals surface area contributed by atoms with E-state index in [2.05, 4.69) is 49.1 Å². The Labute approximate surface area is 192 Å². The van der Waals surface area contributed by atoms with Crippen LogP contribution >= 0.6 is 0 Å². The normalized spacial score (nSPS) is 15.9. The third-order valence-electron chi connectivity index (χ3n) is 6.70. The number of rotatable bonds is 9. The van der Waals surface area contributed by atoms with Crippen molar-refractivity contribution in [3.63, 3.8) is 0 Å². The Morgan fingerprint density at radius 2 is 1.56 bits per heavy atom. The molecule has 0 saturated carbocycles. The lowest BCUT2D eigenvalue weighted by molar-refractivity contribution is 0.0962. The van der Waals surface area contributed by atoms with Crippen molar-refractivity contribution in [2.45, 2.75) is 38.5 Å². The molecule has 1 aliphatic heterocycles. The van der Waals surface area contributed by atoms with Gasteiger partial charge in [0.25, 0.3) is 0 Å². The summed E-state index contributed by atoms with van der Waals surface area (Å²) in [5.41, 5.74) is 3.72. The smallest absolute Gasteiger partial charge is 0.164 e. The maximum absolute atomic E-state index is 13.2. The van der Waals surface area contributed by atoms with Gasteiger partial charge in [0, 0.05) is 23.9 Å². The Bertz CT molecular complexity index is 1030. The number of ether oxygens (including phenoxy) is 1. The lowest BCUT2D eigenvalue weighted by Gasteiger charge is -2.31. The number of carbonyl (C=O) groups excluding carboxylic acids is 1. The van der Waals surface area contributed by atoms with Crippen LogP contribution in [0.4, 0.5) is 0 Å². The van der Waals surface area contributed by atoms with Crippen molar-refractivity contribution in [1.29, 1.82) is 0 Å². The van der Waals surface area contributed by atoms with Crippen LogP contribution in [-0.2, 0) is 5.41 Å². The predicted octanol–water partition coefficient (Wildman–Crippen LogP) is 6.05. The lowest BCUT2D eigenvalue weighted by atomic mass is 9.72. The van der Waals surface area contributed by atoms with Crippen LogP contribution in [0.3, 0.4) is 0 Å². The molecule has 3 aromatic rings. The van der Waals surface area contributed by atoms with Gasteiger partial charge in [-0.3, -0.25) is 9.69 Å². The molecule has 1 atom stereocenters. The molecular weight excluding hydrogens is 394 g/mol. The van der Waals surface area contributed by atoms with E-state index in [0.717, 1.165) is 34.5 Å². The van der Waals surface area contributed by atoms with Gasteiger partial charge in [0.2, 0.25) is 0 Å². The largest absolute Gasteiger partial charge is 0.492 e. The molecule has 0 N–H and O–H groups in total. The molecule has 0 bridgehead atoms. The summed E-state index contributed by atoms with van der Waals surface area (Å²) >= 11 is 0. The second-order valence-corrected chi connectivity index (χ2v) is 9.04. The molecule has 0 radical (unpaired) electrons. The summed E-state index contributed by atoms with van der Waals surface area (Å²) in [6.45, 7) is 8.33. The first-order chi connectivity index (χ1) is 15.6. The van der Waals surface area contributed by atoms with Crippen LogP contribution in [0.5, 0.6) is 5.75 Å². The molecule has 1 heterocycles. The van der Waals surface area contributed by atoms with E-state index in [0.29, 0.717) is 13.0 Å². The van der Waals surface area contributed by atoms with Crippen molar-refractivity contribution in [1.82, 2.24) is 4.90 Å². The third kappa shape index (κ3) is 5.11. The van der Waals surface area contributed by atoms with Crippen LogP contribution in [-0.4, -0.2) is 36.9 Å². The number of benzene rings is 3. The molecule has 1 fully saturated rings. The van der Waals surface area contributed by atoms with Gasteiger partial charge in [-0.1, -0.05) is 79.7 Å².